The average Bonchev–Trinajstić information content (AvgIpc) is 1.94. The molecule has 1 aromatic carbocycles. The predicted molar refractivity (Wildman–Crippen MR) is 57.4 cm³/mol. The molecule has 0 saturated carbocycles. The Morgan fingerprint density at radius 2 is 1.92 bits per heavy atom. The fourth-order valence-corrected chi connectivity index (χ4v) is 0.969. The van der Waals surface area contributed by atoms with E-state index in [0.717, 1.165) is 5.69 Å². The second-order valence-electron chi connectivity index (χ2n) is 2.60. The monoisotopic (exact) mass is 206 g/mol. The van der Waals surface area contributed by atoms with Crippen LogP contribution in [-0.2, 0) is 0 Å². The molecule has 4 heteroatoms. The summed E-state index contributed by atoms with van der Waals surface area (Å²) < 4.78 is 0. The Bertz CT molecular complexity index is 261. The first-order valence-electron chi connectivity index (χ1n) is 3.33. The van der Waals surface area contributed by atoms with E-state index in [1.807, 2.05) is 31.1 Å². The number of nitrogens with two attached hydrogens (primary N) is 1. The van der Waals surface area contributed by atoms with Crippen LogP contribution in [0, 0.1) is 0 Å². The Balaban J connectivity index is 0.00000121. The van der Waals surface area contributed by atoms with E-state index in [-0.39, 0.29) is 12.4 Å². The quantitative estimate of drug-likeness (QED) is 0.716. The summed E-state index contributed by atoms with van der Waals surface area (Å²) in [4.78, 5) is 1.98. The Morgan fingerprint density at radius 1 is 1.33 bits per heavy atom. The van der Waals surface area contributed by atoms with Gasteiger partial charge in [0.2, 0.25) is 0 Å². The summed E-state index contributed by atoms with van der Waals surface area (Å²) in [7, 11) is 3.92. The van der Waals surface area contributed by atoms with Crippen LogP contribution in [0.3, 0.4) is 0 Å². The summed E-state index contributed by atoms with van der Waals surface area (Å²) in [6, 6.07) is 5.58. The first-order chi connectivity index (χ1) is 5.11. The van der Waals surface area contributed by atoms with Gasteiger partial charge in [0.15, 0.2) is 0 Å². The highest BCUT2D eigenvalue weighted by atomic mass is 35.5. The summed E-state index contributed by atoms with van der Waals surface area (Å²) in [6.07, 6.45) is 0. The number of benzene rings is 1. The van der Waals surface area contributed by atoms with E-state index >= 15 is 0 Å². The zero-order valence-electron chi connectivity index (χ0n) is 7.04. The summed E-state index contributed by atoms with van der Waals surface area (Å²) in [5.74, 6) is 0. The Labute approximate surface area is 83.7 Å². The Morgan fingerprint density at radius 3 is 2.33 bits per heavy atom. The van der Waals surface area contributed by atoms with Crippen LogP contribution in [0.4, 0.5) is 11.4 Å². The molecular formula is C8H12Cl2N2. The van der Waals surface area contributed by atoms with Crippen LogP contribution in [-0.4, -0.2) is 14.1 Å². The van der Waals surface area contributed by atoms with Gasteiger partial charge in [-0.1, -0.05) is 11.6 Å². The molecule has 12 heavy (non-hydrogen) atoms. The molecule has 0 amide bonds. The van der Waals surface area contributed by atoms with Gasteiger partial charge in [0.05, 0.1) is 10.7 Å². The van der Waals surface area contributed by atoms with Crippen molar-refractivity contribution in [3.8, 4) is 0 Å². The Kier molecular flexibility index (Phi) is 4.21. The van der Waals surface area contributed by atoms with Crippen molar-refractivity contribution >= 4 is 35.4 Å². The van der Waals surface area contributed by atoms with Crippen molar-refractivity contribution in [1.82, 2.24) is 0 Å². The van der Waals surface area contributed by atoms with Gasteiger partial charge in [0.1, 0.15) is 0 Å². The van der Waals surface area contributed by atoms with Gasteiger partial charge in [-0.3, -0.25) is 0 Å². The van der Waals surface area contributed by atoms with Crippen molar-refractivity contribution in [3.05, 3.63) is 23.2 Å². The van der Waals surface area contributed by atoms with E-state index in [4.69, 9.17) is 17.3 Å². The third kappa shape index (κ3) is 2.47. The first kappa shape index (κ1) is 11.4. The molecule has 2 nitrogen and oxygen atoms in total. The fourth-order valence-electron chi connectivity index (χ4n) is 0.794. The molecule has 0 aromatic heterocycles. The number of hydrogen-bond acceptors (Lipinski definition) is 2. The highest BCUT2D eigenvalue weighted by molar-refractivity contribution is 6.33. The van der Waals surface area contributed by atoms with Gasteiger partial charge in [-0.15, -0.1) is 12.4 Å². The lowest BCUT2D eigenvalue weighted by molar-refractivity contribution is 1.13. The molecule has 0 fully saturated rings. The van der Waals surface area contributed by atoms with Crippen LogP contribution in [0.15, 0.2) is 18.2 Å². The van der Waals surface area contributed by atoms with Crippen LogP contribution in [0.25, 0.3) is 0 Å². The second-order valence-corrected chi connectivity index (χ2v) is 3.01. The average molecular weight is 207 g/mol. The lowest BCUT2D eigenvalue weighted by Crippen LogP contribution is -2.08. The lowest BCUT2D eigenvalue weighted by Gasteiger charge is -2.12. The minimum absolute atomic E-state index is 0. The molecule has 2 N–H and O–H groups in total. The largest absolute Gasteiger partial charge is 0.398 e. The summed E-state index contributed by atoms with van der Waals surface area (Å²) in [5.41, 5.74) is 7.22. The first-order valence-corrected chi connectivity index (χ1v) is 3.71. The maximum absolute atomic E-state index is 5.81. The number of halogens is 2. The van der Waals surface area contributed by atoms with E-state index in [1.54, 1.807) is 6.07 Å². The minimum atomic E-state index is 0. The predicted octanol–water partition coefficient (Wildman–Crippen LogP) is 2.41. The van der Waals surface area contributed by atoms with Gasteiger partial charge in [0.25, 0.3) is 0 Å². The van der Waals surface area contributed by atoms with Crippen LogP contribution >= 0.6 is 24.0 Å². The molecule has 0 aliphatic carbocycles. The number of hydrogen-bond donors (Lipinski definition) is 1. The number of nitrogens with zero attached hydrogens (tertiary/aromatic N) is 1. The highest BCUT2D eigenvalue weighted by Gasteiger charge is 1.98. The number of nitrogen functional groups attached to an aromatic ring is 1. The second kappa shape index (κ2) is 4.43. The molecule has 0 radical (unpaired) electrons. The van der Waals surface area contributed by atoms with E-state index < -0.39 is 0 Å². The maximum atomic E-state index is 5.81. The smallest absolute Gasteiger partial charge is 0.0656 e. The summed E-state index contributed by atoms with van der Waals surface area (Å²) >= 11 is 5.81. The molecule has 1 rings (SSSR count). The molecule has 0 spiro atoms. The van der Waals surface area contributed by atoms with Crippen molar-refractivity contribution in [2.45, 2.75) is 0 Å². The van der Waals surface area contributed by atoms with Crippen molar-refractivity contribution < 1.29 is 0 Å². The van der Waals surface area contributed by atoms with Gasteiger partial charge < -0.3 is 10.6 Å². The standard InChI is InChI=1S/C8H11ClN2.ClH/c1-11(2)6-3-4-8(10)7(9)5-6;/h3-5H,10H2,1-2H3;1H. The third-order valence-corrected chi connectivity index (χ3v) is 1.83. The molecule has 68 valence electrons. The summed E-state index contributed by atoms with van der Waals surface area (Å²) in [5, 5.41) is 0.608. The van der Waals surface area contributed by atoms with Gasteiger partial charge >= 0.3 is 0 Å². The van der Waals surface area contributed by atoms with Crippen molar-refractivity contribution in [2.24, 2.45) is 0 Å². The highest BCUT2D eigenvalue weighted by Crippen LogP contribution is 2.23. The minimum Gasteiger partial charge on any atom is -0.398 e. The van der Waals surface area contributed by atoms with E-state index in [0.29, 0.717) is 10.7 Å². The van der Waals surface area contributed by atoms with Crippen LogP contribution in [0.2, 0.25) is 5.02 Å². The summed E-state index contributed by atoms with van der Waals surface area (Å²) in [6.45, 7) is 0. The van der Waals surface area contributed by atoms with Crippen LogP contribution in [0.5, 0.6) is 0 Å². The van der Waals surface area contributed by atoms with E-state index in [1.165, 1.54) is 0 Å². The molecule has 0 bridgehead atoms. The molecule has 0 unspecified atom stereocenters. The van der Waals surface area contributed by atoms with Crippen LogP contribution in [0.1, 0.15) is 0 Å². The molecule has 0 saturated heterocycles. The maximum Gasteiger partial charge on any atom is 0.0656 e. The van der Waals surface area contributed by atoms with Gasteiger partial charge in [-0.25, -0.2) is 0 Å². The van der Waals surface area contributed by atoms with Crippen molar-refractivity contribution in [1.29, 1.82) is 0 Å². The fraction of sp³-hybridized carbons (Fsp3) is 0.250. The normalized spacial score (nSPS) is 8.92. The lowest BCUT2D eigenvalue weighted by atomic mass is 10.3. The molecule has 0 heterocycles. The van der Waals surface area contributed by atoms with Gasteiger partial charge in [-0.05, 0) is 18.2 Å². The van der Waals surface area contributed by atoms with E-state index in [2.05, 4.69) is 0 Å². The molecular weight excluding hydrogens is 195 g/mol. The van der Waals surface area contributed by atoms with Crippen molar-refractivity contribution in [2.75, 3.05) is 24.7 Å². The van der Waals surface area contributed by atoms with E-state index in [9.17, 15) is 0 Å². The molecule has 0 aliphatic rings. The van der Waals surface area contributed by atoms with Crippen LogP contribution < -0.4 is 10.6 Å². The third-order valence-electron chi connectivity index (χ3n) is 1.50. The van der Waals surface area contributed by atoms with Crippen molar-refractivity contribution in [3.63, 3.8) is 0 Å². The number of rotatable bonds is 1. The SMILES string of the molecule is CN(C)c1ccc(N)c(Cl)c1.Cl. The zero-order valence-corrected chi connectivity index (χ0v) is 8.62. The Hall–Kier alpha value is -0.600. The van der Waals surface area contributed by atoms with Gasteiger partial charge in [0, 0.05) is 19.8 Å². The molecule has 1 aromatic rings. The van der Waals surface area contributed by atoms with Gasteiger partial charge in [-0.2, -0.15) is 0 Å². The molecule has 0 atom stereocenters. The topological polar surface area (TPSA) is 29.3 Å². The zero-order chi connectivity index (χ0) is 8.43. The number of anilines is 2. The molecule has 0 aliphatic heterocycles.